The average molecular weight is 199 g/mol. The fourth-order valence-corrected chi connectivity index (χ4v) is 1.84. The second kappa shape index (κ2) is 4.44. The van der Waals surface area contributed by atoms with E-state index in [4.69, 9.17) is 9.57 Å². The Balaban J connectivity index is 2.79. The molecule has 0 aromatic rings. The molecule has 14 heavy (non-hydrogen) atoms. The first-order valence-electron chi connectivity index (χ1n) is 4.88. The Morgan fingerprint density at radius 1 is 1.50 bits per heavy atom. The predicted molar refractivity (Wildman–Crippen MR) is 53.1 cm³/mol. The van der Waals surface area contributed by atoms with Crippen molar-refractivity contribution in [1.29, 1.82) is 0 Å². The van der Waals surface area contributed by atoms with Crippen LogP contribution in [0.5, 0.6) is 0 Å². The Bertz CT molecular complexity index is 250. The van der Waals surface area contributed by atoms with Crippen molar-refractivity contribution >= 4 is 11.7 Å². The van der Waals surface area contributed by atoms with Crippen LogP contribution in [0.15, 0.2) is 5.16 Å². The van der Waals surface area contributed by atoms with Crippen molar-refractivity contribution in [1.82, 2.24) is 0 Å². The lowest BCUT2D eigenvalue weighted by Crippen LogP contribution is -2.42. The van der Waals surface area contributed by atoms with Gasteiger partial charge in [-0.1, -0.05) is 5.16 Å². The van der Waals surface area contributed by atoms with Gasteiger partial charge in [-0.05, 0) is 32.6 Å². The maximum Gasteiger partial charge on any atom is 0.303 e. The molecule has 0 bridgehead atoms. The summed E-state index contributed by atoms with van der Waals surface area (Å²) in [6.07, 6.45) is 3.82. The summed E-state index contributed by atoms with van der Waals surface area (Å²) in [5.41, 5.74) is 0.279. The molecule has 4 heteroatoms. The van der Waals surface area contributed by atoms with Crippen LogP contribution < -0.4 is 0 Å². The third kappa shape index (κ3) is 2.47. The van der Waals surface area contributed by atoms with Gasteiger partial charge >= 0.3 is 5.97 Å². The first kappa shape index (κ1) is 11.0. The second-order valence-electron chi connectivity index (χ2n) is 3.75. The van der Waals surface area contributed by atoms with Gasteiger partial charge in [0.05, 0.1) is 0 Å². The summed E-state index contributed by atoms with van der Waals surface area (Å²) in [6.45, 7) is 3.32. The molecule has 0 aromatic heterocycles. The molecule has 0 spiro atoms. The zero-order chi connectivity index (χ0) is 10.6. The summed E-state index contributed by atoms with van der Waals surface area (Å²) in [4.78, 5) is 15.7. The highest BCUT2D eigenvalue weighted by Crippen LogP contribution is 2.29. The molecule has 0 heterocycles. The van der Waals surface area contributed by atoms with Crippen LogP contribution in [0.2, 0.25) is 0 Å². The largest absolute Gasteiger partial charge is 0.453 e. The van der Waals surface area contributed by atoms with E-state index in [9.17, 15) is 4.79 Å². The number of carbonyl (C=O) groups is 1. The van der Waals surface area contributed by atoms with Gasteiger partial charge in [-0.25, -0.2) is 0 Å². The number of esters is 1. The van der Waals surface area contributed by atoms with Crippen LogP contribution in [0.1, 0.15) is 39.5 Å². The highest BCUT2D eigenvalue weighted by Gasteiger charge is 2.36. The van der Waals surface area contributed by atoms with Gasteiger partial charge in [0, 0.05) is 6.92 Å². The van der Waals surface area contributed by atoms with Crippen LogP contribution >= 0.6 is 0 Å². The van der Waals surface area contributed by atoms with Crippen molar-refractivity contribution in [3.63, 3.8) is 0 Å². The first-order chi connectivity index (χ1) is 6.58. The van der Waals surface area contributed by atoms with Crippen LogP contribution in [0.25, 0.3) is 0 Å². The quantitative estimate of drug-likeness (QED) is 0.504. The Kier molecular flexibility index (Phi) is 3.49. The molecule has 4 nitrogen and oxygen atoms in total. The van der Waals surface area contributed by atoms with E-state index in [0.717, 1.165) is 31.4 Å². The molecule has 0 aromatic carbocycles. The number of nitrogens with zero attached hydrogens (tertiary/aromatic N) is 1. The zero-order valence-electron chi connectivity index (χ0n) is 9.00. The van der Waals surface area contributed by atoms with Gasteiger partial charge in [0.2, 0.25) is 0 Å². The van der Waals surface area contributed by atoms with Crippen molar-refractivity contribution < 1.29 is 14.4 Å². The van der Waals surface area contributed by atoms with Gasteiger partial charge in [0.25, 0.3) is 0 Å². The third-order valence-electron chi connectivity index (χ3n) is 2.50. The smallest absolute Gasteiger partial charge is 0.303 e. The molecule has 1 aliphatic rings. The summed E-state index contributed by atoms with van der Waals surface area (Å²) in [7, 11) is 1.51. The molecule has 0 aliphatic heterocycles. The topological polar surface area (TPSA) is 47.9 Å². The second-order valence-corrected chi connectivity index (χ2v) is 3.75. The van der Waals surface area contributed by atoms with Crippen molar-refractivity contribution in [2.24, 2.45) is 5.16 Å². The first-order valence-corrected chi connectivity index (χ1v) is 4.88. The van der Waals surface area contributed by atoms with Crippen LogP contribution in [-0.4, -0.2) is 24.4 Å². The molecule has 0 N–H and O–H groups in total. The van der Waals surface area contributed by atoms with Crippen molar-refractivity contribution in [2.75, 3.05) is 7.11 Å². The predicted octanol–water partition coefficient (Wildman–Crippen LogP) is 1.88. The molecular formula is C10H17NO3. The van der Waals surface area contributed by atoms with E-state index in [2.05, 4.69) is 5.16 Å². The van der Waals surface area contributed by atoms with E-state index in [1.807, 2.05) is 6.92 Å². The van der Waals surface area contributed by atoms with Gasteiger partial charge < -0.3 is 9.57 Å². The lowest BCUT2D eigenvalue weighted by atomic mass is 9.84. The molecule has 1 aliphatic carbocycles. The number of carbonyl (C=O) groups excluding carboxylic acids is 1. The minimum Gasteiger partial charge on any atom is -0.453 e. The minimum absolute atomic E-state index is 0.266. The summed E-state index contributed by atoms with van der Waals surface area (Å²) in [5, 5.41) is 3.93. The van der Waals surface area contributed by atoms with Gasteiger partial charge in [-0.15, -0.1) is 0 Å². The number of oxime groups is 1. The molecule has 1 fully saturated rings. The number of rotatable bonds is 2. The van der Waals surface area contributed by atoms with Gasteiger partial charge in [-0.2, -0.15) is 0 Å². The Morgan fingerprint density at radius 2 is 2.21 bits per heavy atom. The maximum atomic E-state index is 10.9. The molecule has 1 atom stereocenters. The normalized spacial score (nSPS) is 30.1. The van der Waals surface area contributed by atoms with Crippen molar-refractivity contribution in [3.05, 3.63) is 0 Å². The molecule has 1 unspecified atom stereocenters. The standard InChI is InChI=1S/C10H17NO3/c1-8(12)14-10(2)7-5-4-6-9(10)11-13-3/h4-7H2,1-3H3. The molecule has 0 radical (unpaired) electrons. The molecule has 0 amide bonds. The fourth-order valence-electron chi connectivity index (χ4n) is 1.84. The highest BCUT2D eigenvalue weighted by atomic mass is 16.6. The Labute approximate surface area is 84.3 Å². The van der Waals surface area contributed by atoms with Crippen LogP contribution in [0.4, 0.5) is 0 Å². The van der Waals surface area contributed by atoms with Crippen molar-refractivity contribution in [3.8, 4) is 0 Å². The third-order valence-corrected chi connectivity index (χ3v) is 2.50. The molecule has 1 rings (SSSR count). The SMILES string of the molecule is CON=C1CCCCC1(C)OC(C)=O. The van der Waals surface area contributed by atoms with E-state index in [1.54, 1.807) is 0 Å². The molecule has 1 saturated carbocycles. The average Bonchev–Trinajstić information content (AvgIpc) is 2.08. The van der Waals surface area contributed by atoms with Crippen LogP contribution in [0, 0.1) is 0 Å². The number of ether oxygens (including phenoxy) is 1. The Hall–Kier alpha value is -1.06. The van der Waals surface area contributed by atoms with Gasteiger partial charge in [-0.3, -0.25) is 4.79 Å². The van der Waals surface area contributed by atoms with Crippen molar-refractivity contribution in [2.45, 2.75) is 45.1 Å². The van der Waals surface area contributed by atoms with Gasteiger partial charge in [0.15, 0.2) is 5.60 Å². The van der Waals surface area contributed by atoms with E-state index < -0.39 is 5.60 Å². The summed E-state index contributed by atoms with van der Waals surface area (Å²) in [5.74, 6) is -0.266. The van der Waals surface area contributed by atoms with Crippen LogP contribution in [-0.2, 0) is 14.4 Å². The fraction of sp³-hybridized carbons (Fsp3) is 0.800. The lowest BCUT2D eigenvalue weighted by molar-refractivity contribution is -0.150. The summed E-state index contributed by atoms with van der Waals surface area (Å²) >= 11 is 0. The Morgan fingerprint density at radius 3 is 2.79 bits per heavy atom. The highest BCUT2D eigenvalue weighted by molar-refractivity contribution is 5.94. The molecular weight excluding hydrogens is 182 g/mol. The van der Waals surface area contributed by atoms with E-state index in [1.165, 1.54) is 14.0 Å². The molecule has 0 saturated heterocycles. The van der Waals surface area contributed by atoms with Gasteiger partial charge in [0.1, 0.15) is 12.8 Å². The zero-order valence-corrected chi connectivity index (χ0v) is 9.00. The molecule has 80 valence electrons. The summed E-state index contributed by atoms with van der Waals surface area (Å²) in [6, 6.07) is 0. The maximum absolute atomic E-state index is 10.9. The lowest BCUT2D eigenvalue weighted by Gasteiger charge is -2.33. The monoisotopic (exact) mass is 199 g/mol. The summed E-state index contributed by atoms with van der Waals surface area (Å²) < 4.78 is 5.29. The number of hydrogen-bond donors (Lipinski definition) is 0. The minimum atomic E-state index is -0.555. The van der Waals surface area contributed by atoms with E-state index in [0.29, 0.717) is 0 Å². The van der Waals surface area contributed by atoms with E-state index >= 15 is 0 Å². The van der Waals surface area contributed by atoms with E-state index in [-0.39, 0.29) is 5.97 Å². The number of hydrogen-bond acceptors (Lipinski definition) is 4. The van der Waals surface area contributed by atoms with Crippen LogP contribution in [0.3, 0.4) is 0 Å².